The van der Waals surface area contributed by atoms with Crippen LogP contribution >= 0.6 is 27.3 Å². The van der Waals surface area contributed by atoms with Gasteiger partial charge in [-0.05, 0) is 24.6 Å². The normalized spacial score (nSPS) is 12.0. The molecule has 2 nitrogen and oxygen atoms in total. The summed E-state index contributed by atoms with van der Waals surface area (Å²) in [6, 6.07) is 5.72. The molecule has 18 heavy (non-hydrogen) atoms. The summed E-state index contributed by atoms with van der Waals surface area (Å²) in [5.74, 6) is 0. The SMILES string of the molecule is FC(F)(F)CCCNc1nc2cc(Br)ccc2s1. The van der Waals surface area contributed by atoms with Gasteiger partial charge < -0.3 is 5.32 Å². The first-order valence-corrected chi connectivity index (χ1v) is 6.92. The van der Waals surface area contributed by atoms with Crippen molar-refractivity contribution in [2.24, 2.45) is 0 Å². The number of anilines is 1. The van der Waals surface area contributed by atoms with Gasteiger partial charge in [-0.15, -0.1) is 0 Å². The zero-order valence-corrected chi connectivity index (χ0v) is 11.6. The fourth-order valence-electron chi connectivity index (χ4n) is 1.46. The Morgan fingerprint density at radius 3 is 2.83 bits per heavy atom. The van der Waals surface area contributed by atoms with Crippen LogP contribution in [0.15, 0.2) is 22.7 Å². The molecule has 0 aliphatic rings. The van der Waals surface area contributed by atoms with Crippen LogP contribution in [0.2, 0.25) is 0 Å². The molecular weight excluding hydrogens is 329 g/mol. The summed E-state index contributed by atoms with van der Waals surface area (Å²) in [5.41, 5.74) is 0.840. The van der Waals surface area contributed by atoms with Crippen LogP contribution in [-0.4, -0.2) is 17.7 Å². The molecule has 0 fully saturated rings. The van der Waals surface area contributed by atoms with E-state index in [4.69, 9.17) is 0 Å². The molecule has 1 aromatic heterocycles. The van der Waals surface area contributed by atoms with E-state index in [9.17, 15) is 13.2 Å². The summed E-state index contributed by atoms with van der Waals surface area (Å²) in [7, 11) is 0. The molecule has 0 aliphatic heterocycles. The predicted octanol–water partition coefficient (Wildman–Crippen LogP) is 4.81. The molecule has 0 atom stereocenters. The lowest BCUT2D eigenvalue weighted by molar-refractivity contribution is -0.134. The summed E-state index contributed by atoms with van der Waals surface area (Å²) in [5, 5.41) is 3.58. The van der Waals surface area contributed by atoms with Gasteiger partial charge in [0.05, 0.1) is 10.2 Å². The predicted molar refractivity (Wildman–Crippen MR) is 71.1 cm³/mol. The van der Waals surface area contributed by atoms with Gasteiger partial charge in [-0.25, -0.2) is 4.98 Å². The van der Waals surface area contributed by atoms with Gasteiger partial charge in [0.1, 0.15) is 0 Å². The van der Waals surface area contributed by atoms with Crippen molar-refractivity contribution < 1.29 is 13.2 Å². The average Bonchev–Trinajstić information content (AvgIpc) is 2.65. The van der Waals surface area contributed by atoms with Gasteiger partial charge in [0.2, 0.25) is 0 Å². The van der Waals surface area contributed by atoms with E-state index < -0.39 is 12.6 Å². The van der Waals surface area contributed by atoms with Crippen LogP contribution in [-0.2, 0) is 0 Å². The van der Waals surface area contributed by atoms with Crippen molar-refractivity contribution in [3.63, 3.8) is 0 Å². The highest BCUT2D eigenvalue weighted by Gasteiger charge is 2.25. The maximum atomic E-state index is 11.9. The van der Waals surface area contributed by atoms with Gasteiger partial charge in [0.25, 0.3) is 0 Å². The number of hydrogen-bond acceptors (Lipinski definition) is 3. The average molecular weight is 339 g/mol. The fourth-order valence-corrected chi connectivity index (χ4v) is 2.68. The highest BCUT2D eigenvalue weighted by Crippen LogP contribution is 2.28. The van der Waals surface area contributed by atoms with Gasteiger partial charge in [-0.3, -0.25) is 0 Å². The zero-order valence-electron chi connectivity index (χ0n) is 9.22. The Bertz CT molecular complexity index is 539. The van der Waals surface area contributed by atoms with Crippen LogP contribution in [0.3, 0.4) is 0 Å². The van der Waals surface area contributed by atoms with E-state index in [1.165, 1.54) is 11.3 Å². The third-order valence-electron chi connectivity index (χ3n) is 2.26. The number of nitrogens with zero attached hydrogens (tertiary/aromatic N) is 1. The maximum Gasteiger partial charge on any atom is 0.389 e. The first kappa shape index (κ1) is 13.6. The van der Waals surface area contributed by atoms with E-state index >= 15 is 0 Å². The van der Waals surface area contributed by atoms with Crippen LogP contribution in [0.25, 0.3) is 10.2 Å². The van der Waals surface area contributed by atoms with E-state index in [2.05, 4.69) is 26.2 Å². The second-order valence-electron chi connectivity index (χ2n) is 3.78. The van der Waals surface area contributed by atoms with E-state index in [0.717, 1.165) is 14.7 Å². The van der Waals surface area contributed by atoms with E-state index in [1.807, 2.05) is 18.2 Å². The Morgan fingerprint density at radius 2 is 2.11 bits per heavy atom. The van der Waals surface area contributed by atoms with E-state index in [0.29, 0.717) is 5.13 Å². The lowest BCUT2D eigenvalue weighted by atomic mass is 10.3. The van der Waals surface area contributed by atoms with Crippen molar-refractivity contribution in [2.45, 2.75) is 19.0 Å². The Balaban J connectivity index is 1.92. The molecule has 2 aromatic rings. The Labute approximate surface area is 114 Å². The summed E-state index contributed by atoms with van der Waals surface area (Å²) in [6.45, 7) is 0.278. The van der Waals surface area contributed by atoms with E-state index in [1.54, 1.807) is 0 Å². The number of fused-ring (bicyclic) bond motifs is 1. The van der Waals surface area contributed by atoms with Crippen LogP contribution in [0.1, 0.15) is 12.8 Å². The standard InChI is InChI=1S/C11H10BrF3N2S/c12-7-2-3-9-8(6-7)17-10(18-9)16-5-1-4-11(13,14)15/h2-3,6H,1,4-5H2,(H,16,17). The topological polar surface area (TPSA) is 24.9 Å². The third-order valence-corrected chi connectivity index (χ3v) is 3.75. The molecule has 0 amide bonds. The lowest BCUT2D eigenvalue weighted by Crippen LogP contribution is -2.10. The molecule has 0 saturated heterocycles. The van der Waals surface area contributed by atoms with Gasteiger partial charge in [-0.1, -0.05) is 27.3 Å². The largest absolute Gasteiger partial charge is 0.389 e. The molecule has 0 spiro atoms. The molecule has 2 rings (SSSR count). The maximum absolute atomic E-state index is 11.9. The van der Waals surface area contributed by atoms with Crippen molar-refractivity contribution in [3.05, 3.63) is 22.7 Å². The third kappa shape index (κ3) is 3.84. The summed E-state index contributed by atoms with van der Waals surface area (Å²) in [4.78, 5) is 4.30. The Hall–Kier alpha value is -0.820. The second-order valence-corrected chi connectivity index (χ2v) is 5.72. The van der Waals surface area contributed by atoms with Crippen LogP contribution in [0.4, 0.5) is 18.3 Å². The smallest absolute Gasteiger partial charge is 0.361 e. The number of nitrogens with one attached hydrogen (secondary N) is 1. The van der Waals surface area contributed by atoms with Crippen molar-refractivity contribution in [1.29, 1.82) is 0 Å². The number of aromatic nitrogens is 1. The molecule has 0 unspecified atom stereocenters. The van der Waals surface area contributed by atoms with Crippen LogP contribution in [0, 0.1) is 0 Å². The quantitative estimate of drug-likeness (QED) is 0.809. The minimum absolute atomic E-state index is 0.0587. The number of rotatable bonds is 4. The van der Waals surface area contributed by atoms with Gasteiger partial charge in [0, 0.05) is 17.4 Å². The Morgan fingerprint density at radius 1 is 1.33 bits per heavy atom. The molecule has 98 valence electrons. The van der Waals surface area contributed by atoms with Gasteiger partial charge in [0.15, 0.2) is 5.13 Å². The number of halogens is 4. The summed E-state index contributed by atoms with van der Waals surface area (Å²) in [6.07, 6.45) is -4.79. The highest BCUT2D eigenvalue weighted by molar-refractivity contribution is 9.10. The van der Waals surface area contributed by atoms with Crippen LogP contribution in [0.5, 0.6) is 0 Å². The summed E-state index contributed by atoms with van der Waals surface area (Å²) < 4.78 is 37.8. The lowest BCUT2D eigenvalue weighted by Gasteiger charge is -2.05. The van der Waals surface area contributed by atoms with Crippen molar-refractivity contribution in [3.8, 4) is 0 Å². The molecule has 1 heterocycles. The number of alkyl halides is 3. The molecule has 1 aromatic carbocycles. The second kappa shape index (κ2) is 5.44. The molecule has 1 N–H and O–H groups in total. The molecule has 7 heteroatoms. The molecular formula is C11H10BrF3N2S. The minimum atomic E-state index is -4.08. The molecule has 0 aliphatic carbocycles. The monoisotopic (exact) mass is 338 g/mol. The Kier molecular flexibility index (Phi) is 4.11. The molecule has 0 bridgehead atoms. The molecule has 0 saturated carbocycles. The first-order valence-electron chi connectivity index (χ1n) is 5.31. The zero-order chi connectivity index (χ0) is 13.2. The number of thiazole rings is 1. The highest BCUT2D eigenvalue weighted by atomic mass is 79.9. The van der Waals surface area contributed by atoms with Gasteiger partial charge in [-0.2, -0.15) is 13.2 Å². The number of benzene rings is 1. The molecule has 0 radical (unpaired) electrons. The number of hydrogen-bond donors (Lipinski definition) is 1. The van der Waals surface area contributed by atoms with Crippen molar-refractivity contribution in [2.75, 3.05) is 11.9 Å². The van der Waals surface area contributed by atoms with Crippen molar-refractivity contribution in [1.82, 2.24) is 4.98 Å². The first-order chi connectivity index (χ1) is 8.44. The van der Waals surface area contributed by atoms with Crippen molar-refractivity contribution >= 4 is 42.6 Å². The fraction of sp³-hybridized carbons (Fsp3) is 0.364. The minimum Gasteiger partial charge on any atom is -0.361 e. The van der Waals surface area contributed by atoms with Crippen LogP contribution < -0.4 is 5.32 Å². The van der Waals surface area contributed by atoms with Gasteiger partial charge >= 0.3 is 6.18 Å². The summed E-state index contributed by atoms with van der Waals surface area (Å²) >= 11 is 4.79. The van der Waals surface area contributed by atoms with E-state index in [-0.39, 0.29) is 13.0 Å².